The molecule has 0 aromatic rings. The Bertz CT molecular complexity index is 446. The highest BCUT2D eigenvalue weighted by molar-refractivity contribution is 7.88. The highest BCUT2D eigenvalue weighted by atomic mass is 32.2. The molecule has 0 aliphatic carbocycles. The molecule has 0 bridgehead atoms. The number of sulfonamides is 1. The van der Waals surface area contributed by atoms with Gasteiger partial charge in [-0.15, -0.1) is 0 Å². The number of piperazine rings is 1. The van der Waals surface area contributed by atoms with Gasteiger partial charge in [0.1, 0.15) is 5.54 Å². The van der Waals surface area contributed by atoms with E-state index in [1.165, 1.54) is 17.7 Å². The third-order valence-corrected chi connectivity index (χ3v) is 5.23. The standard InChI is InChI=1S/C13H27N3O4S/c1-5-14-13(2,12(17)20-3)6-7-15-8-10-16(11-9-15)21(4,18)19/h14H,5-11H2,1-4H3. The second-order valence-corrected chi connectivity index (χ2v) is 7.59. The van der Waals surface area contributed by atoms with Crippen LogP contribution >= 0.6 is 0 Å². The fraction of sp³-hybridized carbons (Fsp3) is 0.923. The summed E-state index contributed by atoms with van der Waals surface area (Å²) in [4.78, 5) is 14.1. The maximum atomic E-state index is 11.9. The van der Waals surface area contributed by atoms with Gasteiger partial charge in [-0.3, -0.25) is 4.79 Å². The van der Waals surface area contributed by atoms with Gasteiger partial charge in [0.25, 0.3) is 0 Å². The van der Waals surface area contributed by atoms with E-state index in [-0.39, 0.29) is 5.97 Å². The number of nitrogens with zero attached hydrogens (tertiary/aromatic N) is 2. The third-order valence-electron chi connectivity index (χ3n) is 3.93. The Morgan fingerprint density at radius 3 is 2.29 bits per heavy atom. The van der Waals surface area contributed by atoms with Crippen molar-refractivity contribution in [2.24, 2.45) is 0 Å². The summed E-state index contributed by atoms with van der Waals surface area (Å²) in [6, 6.07) is 0. The molecule has 0 aromatic heterocycles. The van der Waals surface area contributed by atoms with Gasteiger partial charge in [-0.2, -0.15) is 4.31 Å². The molecule has 1 fully saturated rings. The first-order valence-corrected chi connectivity index (χ1v) is 9.08. The third kappa shape index (κ3) is 5.21. The van der Waals surface area contributed by atoms with E-state index in [2.05, 4.69) is 10.2 Å². The molecule has 1 rings (SSSR count). The van der Waals surface area contributed by atoms with Crippen molar-refractivity contribution in [1.29, 1.82) is 0 Å². The molecule has 1 N–H and O–H groups in total. The van der Waals surface area contributed by atoms with Crippen molar-refractivity contribution in [2.45, 2.75) is 25.8 Å². The van der Waals surface area contributed by atoms with Crippen molar-refractivity contribution in [3.8, 4) is 0 Å². The Balaban J connectivity index is 2.50. The van der Waals surface area contributed by atoms with Gasteiger partial charge in [-0.05, 0) is 19.9 Å². The van der Waals surface area contributed by atoms with Crippen LogP contribution in [0, 0.1) is 0 Å². The normalized spacial score (nSPS) is 21.0. The van der Waals surface area contributed by atoms with Crippen LogP contribution in [0.5, 0.6) is 0 Å². The quantitative estimate of drug-likeness (QED) is 0.637. The average Bonchev–Trinajstić information content (AvgIpc) is 2.44. The Labute approximate surface area is 127 Å². The minimum Gasteiger partial charge on any atom is -0.468 e. The fourth-order valence-electron chi connectivity index (χ4n) is 2.54. The predicted octanol–water partition coefficient (Wildman–Crippen LogP) is -0.505. The second-order valence-electron chi connectivity index (χ2n) is 5.61. The van der Waals surface area contributed by atoms with E-state index in [1.807, 2.05) is 13.8 Å². The van der Waals surface area contributed by atoms with Crippen LogP contribution < -0.4 is 5.32 Å². The summed E-state index contributed by atoms with van der Waals surface area (Å²) in [6.07, 6.45) is 1.87. The van der Waals surface area contributed by atoms with E-state index >= 15 is 0 Å². The van der Waals surface area contributed by atoms with Gasteiger partial charge in [0.05, 0.1) is 13.4 Å². The lowest BCUT2D eigenvalue weighted by Gasteiger charge is -2.35. The van der Waals surface area contributed by atoms with E-state index in [0.717, 1.165) is 6.54 Å². The summed E-state index contributed by atoms with van der Waals surface area (Å²) in [5.41, 5.74) is -0.697. The SMILES string of the molecule is CCNC(C)(CCN1CCN(S(C)(=O)=O)CC1)C(=O)OC. The molecule has 1 unspecified atom stereocenters. The molecule has 0 aromatic carbocycles. The van der Waals surface area contributed by atoms with Gasteiger partial charge in [-0.25, -0.2) is 8.42 Å². The number of esters is 1. The average molecular weight is 321 g/mol. The molecular formula is C13H27N3O4S. The molecule has 1 atom stereocenters. The molecule has 1 aliphatic rings. The second kappa shape index (κ2) is 7.53. The Morgan fingerprint density at radius 2 is 1.86 bits per heavy atom. The van der Waals surface area contributed by atoms with Gasteiger partial charge in [0, 0.05) is 32.7 Å². The van der Waals surface area contributed by atoms with Gasteiger partial charge in [0.2, 0.25) is 10.0 Å². The van der Waals surface area contributed by atoms with E-state index in [4.69, 9.17) is 4.74 Å². The molecule has 0 amide bonds. The molecule has 124 valence electrons. The highest BCUT2D eigenvalue weighted by Gasteiger charge is 2.34. The van der Waals surface area contributed by atoms with E-state index < -0.39 is 15.6 Å². The van der Waals surface area contributed by atoms with Gasteiger partial charge in [-0.1, -0.05) is 6.92 Å². The van der Waals surface area contributed by atoms with Gasteiger partial charge >= 0.3 is 5.97 Å². The predicted molar refractivity (Wildman–Crippen MR) is 81.6 cm³/mol. The zero-order valence-corrected chi connectivity index (χ0v) is 14.2. The zero-order valence-electron chi connectivity index (χ0n) is 13.4. The largest absolute Gasteiger partial charge is 0.468 e. The van der Waals surface area contributed by atoms with Crippen LogP contribution in [-0.2, 0) is 19.6 Å². The molecule has 8 heteroatoms. The number of hydrogen-bond donors (Lipinski definition) is 1. The Hall–Kier alpha value is -0.700. The number of likely N-dealkylation sites (N-methyl/N-ethyl adjacent to an activating group) is 1. The monoisotopic (exact) mass is 321 g/mol. The lowest BCUT2D eigenvalue weighted by Crippen LogP contribution is -2.54. The summed E-state index contributed by atoms with van der Waals surface area (Å²) >= 11 is 0. The van der Waals surface area contributed by atoms with Crippen LogP contribution in [0.2, 0.25) is 0 Å². The fourth-order valence-corrected chi connectivity index (χ4v) is 3.37. The van der Waals surface area contributed by atoms with Crippen LogP contribution in [0.3, 0.4) is 0 Å². The molecule has 1 aliphatic heterocycles. The Morgan fingerprint density at radius 1 is 1.29 bits per heavy atom. The smallest absolute Gasteiger partial charge is 0.325 e. The first-order valence-electron chi connectivity index (χ1n) is 7.24. The Kier molecular flexibility index (Phi) is 6.58. The summed E-state index contributed by atoms with van der Waals surface area (Å²) < 4.78 is 29.3. The van der Waals surface area contributed by atoms with Crippen LogP contribution in [0.4, 0.5) is 0 Å². The summed E-state index contributed by atoms with van der Waals surface area (Å²) in [5.74, 6) is -0.265. The lowest BCUT2D eigenvalue weighted by molar-refractivity contribution is -0.148. The summed E-state index contributed by atoms with van der Waals surface area (Å²) in [7, 11) is -1.71. The number of carbonyl (C=O) groups is 1. The van der Waals surface area contributed by atoms with E-state index in [9.17, 15) is 13.2 Å². The van der Waals surface area contributed by atoms with Crippen molar-refractivity contribution >= 4 is 16.0 Å². The minimum absolute atomic E-state index is 0.265. The van der Waals surface area contributed by atoms with Gasteiger partial charge < -0.3 is 15.0 Å². The van der Waals surface area contributed by atoms with Crippen LogP contribution in [0.15, 0.2) is 0 Å². The minimum atomic E-state index is -3.10. The van der Waals surface area contributed by atoms with Crippen molar-refractivity contribution < 1.29 is 17.9 Å². The molecule has 0 radical (unpaired) electrons. The zero-order chi connectivity index (χ0) is 16.1. The lowest BCUT2D eigenvalue weighted by atomic mass is 9.97. The van der Waals surface area contributed by atoms with Crippen molar-refractivity contribution in [2.75, 3.05) is 52.6 Å². The van der Waals surface area contributed by atoms with E-state index in [1.54, 1.807) is 0 Å². The summed E-state index contributed by atoms with van der Waals surface area (Å²) in [5, 5.41) is 3.17. The molecule has 0 saturated carbocycles. The molecule has 7 nitrogen and oxygen atoms in total. The van der Waals surface area contributed by atoms with Crippen LogP contribution in [-0.4, -0.2) is 81.8 Å². The highest BCUT2D eigenvalue weighted by Crippen LogP contribution is 2.14. The van der Waals surface area contributed by atoms with Crippen molar-refractivity contribution in [3.63, 3.8) is 0 Å². The number of carbonyl (C=O) groups excluding carboxylic acids is 1. The summed E-state index contributed by atoms with van der Waals surface area (Å²) in [6.45, 7) is 7.61. The van der Waals surface area contributed by atoms with Gasteiger partial charge in [0.15, 0.2) is 0 Å². The first kappa shape index (κ1) is 18.3. The number of methoxy groups -OCH3 is 1. The molecular weight excluding hydrogens is 294 g/mol. The van der Waals surface area contributed by atoms with E-state index in [0.29, 0.717) is 39.1 Å². The van der Waals surface area contributed by atoms with Crippen molar-refractivity contribution in [3.05, 3.63) is 0 Å². The topological polar surface area (TPSA) is 79.0 Å². The molecule has 1 heterocycles. The molecule has 21 heavy (non-hydrogen) atoms. The molecule has 1 saturated heterocycles. The first-order chi connectivity index (χ1) is 9.73. The number of ether oxygens (including phenoxy) is 1. The van der Waals surface area contributed by atoms with Crippen molar-refractivity contribution in [1.82, 2.24) is 14.5 Å². The number of rotatable bonds is 7. The molecule has 0 spiro atoms. The maximum Gasteiger partial charge on any atom is 0.325 e. The van der Waals surface area contributed by atoms with Crippen LogP contribution in [0.1, 0.15) is 20.3 Å². The number of nitrogens with one attached hydrogen (secondary N) is 1. The maximum absolute atomic E-state index is 11.9. The van der Waals surface area contributed by atoms with Crippen LogP contribution in [0.25, 0.3) is 0 Å². The number of hydrogen-bond acceptors (Lipinski definition) is 6.